The van der Waals surface area contributed by atoms with Crippen LogP contribution in [0, 0.1) is 0 Å². The first-order valence-corrected chi connectivity index (χ1v) is 4.54. The molecule has 1 rings (SSSR count). The molecule has 0 aliphatic carbocycles. The minimum absolute atomic E-state index is 0.273. The van der Waals surface area contributed by atoms with E-state index in [-0.39, 0.29) is 6.03 Å². The maximum atomic E-state index is 11.1. The van der Waals surface area contributed by atoms with Crippen molar-refractivity contribution in [1.82, 2.24) is 5.32 Å². The normalized spacial score (nSPS) is 10.1. The molecule has 0 spiro atoms. The Kier molecular flexibility index (Phi) is 4.01. The minimum Gasteiger partial charge on any atom is -0.315 e. The van der Waals surface area contributed by atoms with Gasteiger partial charge in [-0.2, -0.15) is 0 Å². The lowest BCUT2D eigenvalue weighted by Gasteiger charge is -2.03. The highest BCUT2D eigenvalue weighted by Crippen LogP contribution is 2.12. The summed E-state index contributed by atoms with van der Waals surface area (Å²) in [5, 5.41) is 5.82. The molecule has 0 fully saturated rings. The molecule has 2 N–H and O–H groups in total. The van der Waals surface area contributed by atoms with Crippen LogP contribution in [0.2, 0.25) is 5.02 Å². The molecule has 0 saturated carbocycles. The second kappa shape index (κ2) is 5.29. The lowest BCUT2D eigenvalue weighted by molar-refractivity contribution is 0.255. The molecule has 0 aliphatic rings. The van der Waals surface area contributed by atoms with E-state index in [9.17, 15) is 4.79 Å². The van der Waals surface area contributed by atoms with Crippen LogP contribution in [0.3, 0.4) is 0 Å². The number of halogens is 1. The summed E-state index contributed by atoms with van der Waals surface area (Å²) in [6, 6.07) is 6.62. The maximum Gasteiger partial charge on any atom is 0.323 e. The third-order valence-electron chi connectivity index (χ3n) is 1.48. The molecule has 74 valence electrons. The molecule has 0 aromatic heterocycles. The number of rotatable bonds is 2. The summed E-state index contributed by atoms with van der Waals surface area (Å²) in [6.07, 6.45) is 3.30. The van der Waals surface area contributed by atoms with Gasteiger partial charge in [0.25, 0.3) is 0 Å². The van der Waals surface area contributed by atoms with Gasteiger partial charge in [0.1, 0.15) is 0 Å². The standard InChI is InChI=1S/C10H11ClN2O/c1-2-7-12-10(14)13-9-5-3-8(11)4-6-9/h2-7H,1H3,(H2,12,13,14)/b7-2+. The minimum atomic E-state index is -0.273. The number of nitrogens with one attached hydrogen (secondary N) is 2. The molecule has 1 aromatic rings. The number of hydrogen-bond acceptors (Lipinski definition) is 1. The summed E-state index contributed by atoms with van der Waals surface area (Å²) in [5.41, 5.74) is 0.705. The van der Waals surface area contributed by atoms with Crippen LogP contribution in [0.5, 0.6) is 0 Å². The third-order valence-corrected chi connectivity index (χ3v) is 1.74. The Labute approximate surface area is 87.8 Å². The molecule has 0 atom stereocenters. The van der Waals surface area contributed by atoms with Crippen molar-refractivity contribution in [2.24, 2.45) is 0 Å². The smallest absolute Gasteiger partial charge is 0.315 e. The average molecular weight is 211 g/mol. The van der Waals surface area contributed by atoms with Gasteiger partial charge in [0, 0.05) is 16.9 Å². The number of amides is 2. The summed E-state index contributed by atoms with van der Waals surface area (Å²) in [4.78, 5) is 11.1. The SMILES string of the molecule is C/C=C/NC(=O)Nc1ccc(Cl)cc1. The quantitative estimate of drug-likeness (QED) is 0.774. The van der Waals surface area contributed by atoms with E-state index in [2.05, 4.69) is 10.6 Å². The van der Waals surface area contributed by atoms with Gasteiger partial charge in [-0.3, -0.25) is 0 Å². The predicted octanol–water partition coefficient (Wildman–Crippen LogP) is 3.00. The fourth-order valence-electron chi connectivity index (χ4n) is 0.859. The van der Waals surface area contributed by atoms with E-state index in [0.717, 1.165) is 0 Å². The van der Waals surface area contributed by atoms with Gasteiger partial charge >= 0.3 is 6.03 Å². The fraction of sp³-hybridized carbons (Fsp3) is 0.100. The molecule has 14 heavy (non-hydrogen) atoms. The molecule has 0 heterocycles. The molecular formula is C10H11ClN2O. The zero-order chi connectivity index (χ0) is 10.4. The summed E-state index contributed by atoms with van der Waals surface area (Å²) >= 11 is 5.69. The van der Waals surface area contributed by atoms with Gasteiger partial charge in [0.05, 0.1) is 0 Å². The molecular weight excluding hydrogens is 200 g/mol. The molecule has 2 amide bonds. The second-order valence-electron chi connectivity index (χ2n) is 2.61. The number of anilines is 1. The summed E-state index contributed by atoms with van der Waals surface area (Å²) < 4.78 is 0. The van der Waals surface area contributed by atoms with Crippen LogP contribution >= 0.6 is 11.6 Å². The van der Waals surface area contributed by atoms with Gasteiger partial charge in [0.15, 0.2) is 0 Å². The Morgan fingerprint density at radius 2 is 2.00 bits per heavy atom. The first-order valence-electron chi connectivity index (χ1n) is 4.16. The highest BCUT2D eigenvalue weighted by molar-refractivity contribution is 6.30. The van der Waals surface area contributed by atoms with Crippen molar-refractivity contribution in [3.05, 3.63) is 41.6 Å². The van der Waals surface area contributed by atoms with Crippen molar-refractivity contribution in [2.45, 2.75) is 6.92 Å². The van der Waals surface area contributed by atoms with Gasteiger partial charge in [-0.05, 0) is 31.2 Å². The van der Waals surface area contributed by atoms with Gasteiger partial charge < -0.3 is 10.6 Å². The first-order chi connectivity index (χ1) is 6.72. The summed E-state index contributed by atoms with van der Waals surface area (Å²) in [6.45, 7) is 1.82. The van der Waals surface area contributed by atoms with Crippen LogP contribution in [0.1, 0.15) is 6.92 Å². The van der Waals surface area contributed by atoms with Crippen LogP contribution in [0.15, 0.2) is 36.5 Å². The molecule has 4 heteroatoms. The Bertz CT molecular complexity index is 332. The monoisotopic (exact) mass is 210 g/mol. The highest BCUT2D eigenvalue weighted by Gasteiger charge is 1.97. The average Bonchev–Trinajstić information content (AvgIpc) is 2.18. The van der Waals surface area contributed by atoms with Crippen molar-refractivity contribution in [3.63, 3.8) is 0 Å². The van der Waals surface area contributed by atoms with Crippen molar-refractivity contribution >= 4 is 23.3 Å². The highest BCUT2D eigenvalue weighted by atomic mass is 35.5. The van der Waals surface area contributed by atoms with Crippen molar-refractivity contribution < 1.29 is 4.79 Å². The van der Waals surface area contributed by atoms with E-state index in [1.165, 1.54) is 0 Å². The number of benzene rings is 1. The predicted molar refractivity (Wildman–Crippen MR) is 58.4 cm³/mol. The Morgan fingerprint density at radius 3 is 2.57 bits per heavy atom. The number of carbonyl (C=O) groups is 1. The van der Waals surface area contributed by atoms with Gasteiger partial charge in [-0.15, -0.1) is 0 Å². The molecule has 0 saturated heterocycles. The van der Waals surface area contributed by atoms with E-state index < -0.39 is 0 Å². The second-order valence-corrected chi connectivity index (χ2v) is 3.04. The van der Waals surface area contributed by atoms with Crippen molar-refractivity contribution in [1.29, 1.82) is 0 Å². The van der Waals surface area contributed by atoms with Crippen LogP contribution in [0.4, 0.5) is 10.5 Å². The van der Waals surface area contributed by atoms with Crippen LogP contribution < -0.4 is 10.6 Å². The van der Waals surface area contributed by atoms with E-state index in [1.54, 1.807) is 36.5 Å². The van der Waals surface area contributed by atoms with Gasteiger partial charge in [0.2, 0.25) is 0 Å². The van der Waals surface area contributed by atoms with E-state index >= 15 is 0 Å². The van der Waals surface area contributed by atoms with Crippen molar-refractivity contribution in [2.75, 3.05) is 5.32 Å². The topological polar surface area (TPSA) is 41.1 Å². The third kappa shape index (κ3) is 3.49. The fourth-order valence-corrected chi connectivity index (χ4v) is 0.985. The summed E-state index contributed by atoms with van der Waals surface area (Å²) in [5.74, 6) is 0. The maximum absolute atomic E-state index is 11.1. The Balaban J connectivity index is 2.52. The Hall–Kier alpha value is -1.48. The molecule has 3 nitrogen and oxygen atoms in total. The number of carbonyl (C=O) groups excluding carboxylic acids is 1. The Morgan fingerprint density at radius 1 is 1.36 bits per heavy atom. The van der Waals surface area contributed by atoms with Gasteiger partial charge in [-0.25, -0.2) is 4.79 Å². The van der Waals surface area contributed by atoms with Gasteiger partial charge in [-0.1, -0.05) is 17.7 Å². The van der Waals surface area contributed by atoms with E-state index in [0.29, 0.717) is 10.7 Å². The lowest BCUT2D eigenvalue weighted by Crippen LogP contribution is -2.23. The zero-order valence-corrected chi connectivity index (χ0v) is 8.51. The number of allylic oxidation sites excluding steroid dienone is 1. The first kappa shape index (κ1) is 10.6. The summed E-state index contributed by atoms with van der Waals surface area (Å²) in [7, 11) is 0. The number of hydrogen-bond donors (Lipinski definition) is 2. The van der Waals surface area contributed by atoms with Crippen molar-refractivity contribution in [3.8, 4) is 0 Å². The molecule has 0 radical (unpaired) electrons. The zero-order valence-electron chi connectivity index (χ0n) is 7.75. The van der Waals surface area contributed by atoms with Crippen LogP contribution in [-0.4, -0.2) is 6.03 Å². The molecule has 0 unspecified atom stereocenters. The van der Waals surface area contributed by atoms with Crippen LogP contribution in [0.25, 0.3) is 0 Å². The van der Waals surface area contributed by atoms with E-state index in [4.69, 9.17) is 11.6 Å². The largest absolute Gasteiger partial charge is 0.323 e. The lowest BCUT2D eigenvalue weighted by atomic mass is 10.3. The van der Waals surface area contributed by atoms with E-state index in [1.807, 2.05) is 6.92 Å². The molecule has 0 bridgehead atoms. The van der Waals surface area contributed by atoms with Crippen LogP contribution in [-0.2, 0) is 0 Å². The number of urea groups is 1. The molecule has 1 aromatic carbocycles. The molecule has 0 aliphatic heterocycles.